The molecule has 8 aromatic carbocycles. The molecule has 0 saturated heterocycles. The fourth-order valence-electron chi connectivity index (χ4n) is 7.72. The van der Waals surface area contributed by atoms with Gasteiger partial charge in [0.1, 0.15) is 29.3 Å². The summed E-state index contributed by atoms with van der Waals surface area (Å²) >= 11 is 0. The number of furan rings is 1. The molecule has 1 aliphatic heterocycles. The summed E-state index contributed by atoms with van der Waals surface area (Å²) in [7, 11) is 0. The molecule has 9 aromatic rings. The van der Waals surface area contributed by atoms with Gasteiger partial charge in [0.2, 0.25) is 0 Å². The molecular formula is C45H31N3O. The zero-order chi connectivity index (χ0) is 32.3. The Morgan fingerprint density at radius 2 is 1.12 bits per heavy atom. The Labute approximate surface area is 283 Å². The highest BCUT2D eigenvalue weighted by Crippen LogP contribution is 2.41. The third kappa shape index (κ3) is 4.53. The van der Waals surface area contributed by atoms with Gasteiger partial charge in [-0.25, -0.2) is 4.99 Å². The van der Waals surface area contributed by atoms with E-state index >= 15 is 0 Å². The predicted octanol–water partition coefficient (Wildman–Crippen LogP) is 11.0. The van der Waals surface area contributed by atoms with Crippen LogP contribution >= 0.6 is 0 Å². The third-order valence-corrected chi connectivity index (χ3v) is 9.96. The van der Waals surface area contributed by atoms with Crippen LogP contribution in [0.1, 0.15) is 29.0 Å². The van der Waals surface area contributed by atoms with Gasteiger partial charge >= 0.3 is 0 Å². The number of nitrogens with zero attached hydrogens (tertiary/aromatic N) is 1. The van der Waals surface area contributed by atoms with Gasteiger partial charge in [-0.1, -0.05) is 146 Å². The molecule has 2 heterocycles. The third-order valence-electron chi connectivity index (χ3n) is 9.96. The number of benzene rings is 8. The van der Waals surface area contributed by atoms with Crippen molar-refractivity contribution < 1.29 is 4.42 Å². The second-order valence-corrected chi connectivity index (χ2v) is 12.8. The quantitative estimate of drug-likeness (QED) is 0.190. The molecule has 232 valence electrons. The van der Waals surface area contributed by atoms with Gasteiger partial charge in [0.25, 0.3) is 0 Å². The van der Waals surface area contributed by atoms with Gasteiger partial charge in [-0.2, -0.15) is 0 Å². The molecule has 1 aliphatic rings. The van der Waals surface area contributed by atoms with Gasteiger partial charge in [-0.3, -0.25) is 5.32 Å². The Kier molecular flexibility index (Phi) is 6.36. The molecule has 0 bridgehead atoms. The maximum atomic E-state index is 6.28. The minimum Gasteiger partial charge on any atom is -0.456 e. The Bertz CT molecular complexity index is 2740. The van der Waals surface area contributed by atoms with Crippen LogP contribution in [-0.4, -0.2) is 5.84 Å². The first kappa shape index (κ1) is 27.8. The number of aliphatic imine (C=N–C) groups is 1. The number of fused-ring (bicyclic) bond motifs is 7. The zero-order valence-corrected chi connectivity index (χ0v) is 26.6. The Morgan fingerprint density at radius 3 is 1.96 bits per heavy atom. The molecule has 2 unspecified atom stereocenters. The lowest BCUT2D eigenvalue weighted by molar-refractivity contribution is 0.411. The molecule has 2 atom stereocenters. The smallest absolute Gasteiger partial charge is 0.136 e. The number of rotatable bonds is 4. The zero-order valence-electron chi connectivity index (χ0n) is 26.6. The van der Waals surface area contributed by atoms with E-state index in [0.29, 0.717) is 0 Å². The second-order valence-electron chi connectivity index (χ2n) is 12.8. The fraction of sp³-hybridized carbons (Fsp3) is 0.0444. The predicted molar refractivity (Wildman–Crippen MR) is 203 cm³/mol. The SMILES string of the molecule is c1ccc(C2N=C(c3cc4ccccc4c4ccccc34)NC(c3ccc(-c4cccc5oc6ccccc6c45)c4ccccc34)N2)cc1. The van der Waals surface area contributed by atoms with Crippen molar-refractivity contribution in [3.05, 3.63) is 180 Å². The number of hydrogen-bond acceptors (Lipinski definition) is 4. The molecule has 0 radical (unpaired) electrons. The molecule has 0 amide bonds. The van der Waals surface area contributed by atoms with Crippen LogP contribution in [-0.2, 0) is 0 Å². The number of nitrogens with one attached hydrogen (secondary N) is 2. The van der Waals surface area contributed by atoms with Crippen molar-refractivity contribution in [2.45, 2.75) is 12.3 Å². The number of amidine groups is 1. The molecule has 4 heteroatoms. The molecule has 10 rings (SSSR count). The minimum atomic E-state index is -0.239. The average molecular weight is 630 g/mol. The van der Waals surface area contributed by atoms with Gasteiger partial charge in [-0.05, 0) is 72.8 Å². The monoisotopic (exact) mass is 629 g/mol. The average Bonchev–Trinajstić information content (AvgIpc) is 3.56. The van der Waals surface area contributed by atoms with Crippen molar-refractivity contribution in [3.8, 4) is 11.1 Å². The summed E-state index contributed by atoms with van der Waals surface area (Å²) in [6, 6.07) is 58.0. The summed E-state index contributed by atoms with van der Waals surface area (Å²) < 4.78 is 6.28. The normalized spacial score (nSPS) is 16.4. The topological polar surface area (TPSA) is 49.6 Å². The highest BCUT2D eigenvalue weighted by Gasteiger charge is 2.28. The summed E-state index contributed by atoms with van der Waals surface area (Å²) in [5.41, 5.74) is 7.54. The van der Waals surface area contributed by atoms with Crippen LogP contribution in [0.5, 0.6) is 0 Å². The standard InChI is InChI=1S/C45H31N3O/c1-2-13-28(14-3-1)43-46-44(48-45(47-43)39-27-29-15-4-5-16-30(29)31-17-6-9-20-34(31)39)37-26-25-35(32-18-7-8-19-33(32)37)36-22-12-24-41-42(36)38-21-10-11-23-40(38)49-41/h1-27,43-44,46H,(H,47,48). The van der Waals surface area contributed by atoms with Crippen molar-refractivity contribution in [3.63, 3.8) is 0 Å². The van der Waals surface area contributed by atoms with E-state index in [-0.39, 0.29) is 12.3 Å². The van der Waals surface area contributed by atoms with E-state index in [1.807, 2.05) is 12.1 Å². The largest absolute Gasteiger partial charge is 0.456 e. The van der Waals surface area contributed by atoms with E-state index in [4.69, 9.17) is 9.41 Å². The first-order valence-corrected chi connectivity index (χ1v) is 16.8. The molecule has 49 heavy (non-hydrogen) atoms. The van der Waals surface area contributed by atoms with E-state index in [1.54, 1.807) is 0 Å². The van der Waals surface area contributed by atoms with Crippen LogP contribution < -0.4 is 10.6 Å². The van der Waals surface area contributed by atoms with Gasteiger partial charge in [0.15, 0.2) is 0 Å². The first-order chi connectivity index (χ1) is 24.3. The number of hydrogen-bond donors (Lipinski definition) is 2. The first-order valence-electron chi connectivity index (χ1n) is 16.8. The van der Waals surface area contributed by atoms with Crippen molar-refractivity contribution in [1.29, 1.82) is 0 Å². The van der Waals surface area contributed by atoms with E-state index in [2.05, 4.69) is 162 Å². The highest BCUT2D eigenvalue weighted by molar-refractivity contribution is 6.19. The van der Waals surface area contributed by atoms with Gasteiger partial charge in [-0.15, -0.1) is 0 Å². The van der Waals surface area contributed by atoms with Crippen LogP contribution in [0.3, 0.4) is 0 Å². The van der Waals surface area contributed by atoms with E-state index in [9.17, 15) is 0 Å². The van der Waals surface area contributed by atoms with Crippen molar-refractivity contribution >= 4 is 60.1 Å². The lowest BCUT2D eigenvalue weighted by Crippen LogP contribution is -2.45. The van der Waals surface area contributed by atoms with E-state index in [1.165, 1.54) is 49.0 Å². The van der Waals surface area contributed by atoms with Crippen molar-refractivity contribution in [2.75, 3.05) is 0 Å². The van der Waals surface area contributed by atoms with Crippen molar-refractivity contribution in [1.82, 2.24) is 10.6 Å². The molecule has 0 fully saturated rings. The molecule has 2 N–H and O–H groups in total. The summed E-state index contributed by atoms with van der Waals surface area (Å²) in [6.45, 7) is 0. The Hall–Kier alpha value is -6.23. The number of para-hydroxylation sites is 1. The molecule has 1 aromatic heterocycles. The molecule has 0 spiro atoms. The van der Waals surface area contributed by atoms with E-state index in [0.717, 1.165) is 38.9 Å². The maximum absolute atomic E-state index is 6.28. The second kappa shape index (κ2) is 11.2. The highest BCUT2D eigenvalue weighted by atomic mass is 16.3. The molecule has 0 aliphatic carbocycles. The summed E-state index contributed by atoms with van der Waals surface area (Å²) in [6.07, 6.45) is -0.440. The van der Waals surface area contributed by atoms with Crippen molar-refractivity contribution in [2.24, 2.45) is 4.99 Å². The summed E-state index contributed by atoms with van der Waals surface area (Å²) in [5, 5.41) is 17.2. The van der Waals surface area contributed by atoms with Gasteiger partial charge in [0, 0.05) is 16.3 Å². The minimum absolute atomic E-state index is 0.201. The van der Waals surface area contributed by atoms with Crippen LogP contribution in [0, 0.1) is 0 Å². The molecule has 4 nitrogen and oxygen atoms in total. The Balaban J connectivity index is 1.16. The Morgan fingerprint density at radius 1 is 0.469 bits per heavy atom. The van der Waals surface area contributed by atoms with E-state index < -0.39 is 0 Å². The lowest BCUT2D eigenvalue weighted by Gasteiger charge is -2.33. The van der Waals surface area contributed by atoms with Gasteiger partial charge < -0.3 is 9.73 Å². The van der Waals surface area contributed by atoms with Crippen LogP contribution in [0.15, 0.2) is 173 Å². The molecule has 0 saturated carbocycles. The summed E-state index contributed by atoms with van der Waals surface area (Å²) in [5.74, 6) is 0.877. The van der Waals surface area contributed by atoms with Crippen LogP contribution in [0.4, 0.5) is 0 Å². The van der Waals surface area contributed by atoms with Crippen LogP contribution in [0.2, 0.25) is 0 Å². The van der Waals surface area contributed by atoms with Crippen LogP contribution in [0.25, 0.3) is 65.4 Å². The fourth-order valence-corrected chi connectivity index (χ4v) is 7.72. The summed E-state index contributed by atoms with van der Waals surface area (Å²) in [4.78, 5) is 5.34. The maximum Gasteiger partial charge on any atom is 0.136 e. The lowest BCUT2D eigenvalue weighted by atomic mass is 9.91. The molecular weight excluding hydrogens is 599 g/mol. The van der Waals surface area contributed by atoms with Gasteiger partial charge in [0.05, 0.1) is 0 Å².